The van der Waals surface area contributed by atoms with E-state index in [1.165, 1.54) is 18.5 Å². The summed E-state index contributed by atoms with van der Waals surface area (Å²) in [5.41, 5.74) is 9.05. The molecule has 1 amide bonds. The van der Waals surface area contributed by atoms with Crippen LogP contribution in [0.2, 0.25) is 0 Å². The number of hydrogen-bond acceptors (Lipinski definition) is 10. The van der Waals surface area contributed by atoms with Crippen molar-refractivity contribution in [3.05, 3.63) is 90.0 Å². The average molecular weight is 615 g/mol. The van der Waals surface area contributed by atoms with Crippen LogP contribution in [0.5, 0.6) is 0 Å². The number of carbonyl (C=O) groups excluding carboxylic acids is 1. The standard InChI is InChI=1S/C31H29F3N10O/c1-19-6-7-22(39-29(45)20-4-2-5-21(16-20)31(32,33)34)17-24(19)40-28-26-25(37-18-38-28)27(35)42-30(41-26)44-13-3-12-43(14-15-44)23-8-10-36-11-9-23/h2,4-11,16-18H,3,12-15H2,1H3,(H,39,45)(H2,35,41,42)(H,37,38,40). The van der Waals surface area contributed by atoms with Crippen molar-refractivity contribution in [2.24, 2.45) is 0 Å². The molecule has 0 bridgehead atoms. The van der Waals surface area contributed by atoms with Crippen LogP contribution in [-0.2, 0) is 6.18 Å². The Morgan fingerprint density at radius 1 is 0.911 bits per heavy atom. The summed E-state index contributed by atoms with van der Waals surface area (Å²) in [6.07, 6.45) is 1.25. The maximum Gasteiger partial charge on any atom is 0.416 e. The summed E-state index contributed by atoms with van der Waals surface area (Å²) in [4.78, 5) is 39.4. The van der Waals surface area contributed by atoms with E-state index in [2.05, 4.69) is 40.4 Å². The number of aryl methyl sites for hydroxylation is 1. The zero-order chi connectivity index (χ0) is 31.6. The Balaban J connectivity index is 1.24. The second-order valence-electron chi connectivity index (χ2n) is 10.5. The van der Waals surface area contributed by atoms with Crippen molar-refractivity contribution in [3.8, 4) is 0 Å². The second kappa shape index (κ2) is 12.2. The van der Waals surface area contributed by atoms with Gasteiger partial charge in [-0.3, -0.25) is 9.78 Å². The Morgan fingerprint density at radius 3 is 2.49 bits per heavy atom. The predicted octanol–water partition coefficient (Wildman–Crippen LogP) is 5.44. The molecular formula is C31H29F3N10O. The van der Waals surface area contributed by atoms with Crippen molar-refractivity contribution in [1.82, 2.24) is 24.9 Å². The van der Waals surface area contributed by atoms with Crippen LogP contribution in [-0.4, -0.2) is 57.0 Å². The molecule has 4 N–H and O–H groups in total. The van der Waals surface area contributed by atoms with Gasteiger partial charge in [0.2, 0.25) is 5.95 Å². The maximum atomic E-state index is 13.2. The van der Waals surface area contributed by atoms with Crippen molar-refractivity contribution in [2.75, 3.05) is 52.3 Å². The maximum absolute atomic E-state index is 13.2. The number of alkyl halides is 3. The van der Waals surface area contributed by atoms with E-state index >= 15 is 0 Å². The molecule has 1 aliphatic rings. The number of benzene rings is 2. The predicted molar refractivity (Wildman–Crippen MR) is 167 cm³/mol. The van der Waals surface area contributed by atoms with Gasteiger partial charge in [-0.25, -0.2) is 15.0 Å². The molecule has 14 heteroatoms. The third-order valence-electron chi connectivity index (χ3n) is 7.50. The molecule has 1 saturated heterocycles. The summed E-state index contributed by atoms with van der Waals surface area (Å²) in [6.45, 7) is 4.91. The summed E-state index contributed by atoms with van der Waals surface area (Å²) in [5.74, 6) is 0.393. The minimum atomic E-state index is -4.56. The van der Waals surface area contributed by atoms with Crippen LogP contribution in [0.4, 0.5) is 47.8 Å². The molecule has 5 aromatic rings. The highest BCUT2D eigenvalue weighted by molar-refractivity contribution is 6.04. The molecule has 3 aromatic heterocycles. The fourth-order valence-electron chi connectivity index (χ4n) is 5.12. The Labute approximate surface area is 256 Å². The van der Waals surface area contributed by atoms with Gasteiger partial charge in [-0.05, 0) is 61.4 Å². The minimum absolute atomic E-state index is 0.112. The van der Waals surface area contributed by atoms with Crippen LogP contribution < -0.4 is 26.2 Å². The summed E-state index contributed by atoms with van der Waals surface area (Å²) >= 11 is 0. The van der Waals surface area contributed by atoms with E-state index in [9.17, 15) is 18.0 Å². The van der Waals surface area contributed by atoms with Crippen LogP contribution in [0, 0.1) is 6.92 Å². The van der Waals surface area contributed by atoms with E-state index in [1.807, 2.05) is 19.1 Å². The van der Waals surface area contributed by atoms with E-state index in [1.54, 1.807) is 30.6 Å². The lowest BCUT2D eigenvalue weighted by molar-refractivity contribution is -0.137. The summed E-state index contributed by atoms with van der Waals surface area (Å²) in [7, 11) is 0. The van der Waals surface area contributed by atoms with Gasteiger partial charge < -0.3 is 26.2 Å². The van der Waals surface area contributed by atoms with Crippen molar-refractivity contribution in [3.63, 3.8) is 0 Å². The smallest absolute Gasteiger partial charge is 0.382 e. The Kier molecular flexibility index (Phi) is 8.02. The normalized spacial score (nSPS) is 13.9. The number of nitrogens with one attached hydrogen (secondary N) is 2. The molecule has 11 nitrogen and oxygen atoms in total. The second-order valence-corrected chi connectivity index (χ2v) is 10.5. The molecule has 0 spiro atoms. The van der Waals surface area contributed by atoms with Crippen molar-refractivity contribution < 1.29 is 18.0 Å². The van der Waals surface area contributed by atoms with Crippen molar-refractivity contribution in [2.45, 2.75) is 19.5 Å². The van der Waals surface area contributed by atoms with E-state index in [0.717, 1.165) is 49.4 Å². The largest absolute Gasteiger partial charge is 0.416 e. The number of rotatable bonds is 6. The number of hydrogen-bond donors (Lipinski definition) is 3. The molecule has 2 aromatic carbocycles. The fourth-order valence-corrected chi connectivity index (χ4v) is 5.12. The molecule has 6 rings (SSSR count). The number of nitrogens with two attached hydrogens (primary N) is 1. The van der Waals surface area contributed by atoms with Gasteiger partial charge in [-0.1, -0.05) is 12.1 Å². The number of fused-ring (bicyclic) bond motifs is 1. The number of anilines is 6. The van der Waals surface area contributed by atoms with Crippen LogP contribution in [0.25, 0.3) is 11.0 Å². The molecule has 0 saturated carbocycles. The Bertz CT molecular complexity index is 1850. The molecule has 1 aliphatic heterocycles. The topological polar surface area (TPSA) is 138 Å². The van der Waals surface area contributed by atoms with Crippen LogP contribution in [0.1, 0.15) is 27.9 Å². The first-order chi connectivity index (χ1) is 21.7. The Morgan fingerprint density at radius 2 is 1.69 bits per heavy atom. The zero-order valence-electron chi connectivity index (χ0n) is 24.2. The summed E-state index contributed by atoms with van der Waals surface area (Å²) < 4.78 is 39.5. The first-order valence-corrected chi connectivity index (χ1v) is 14.2. The number of halogens is 3. The van der Waals surface area contributed by atoms with Gasteiger partial charge >= 0.3 is 6.18 Å². The van der Waals surface area contributed by atoms with Gasteiger partial charge in [0.1, 0.15) is 17.4 Å². The van der Waals surface area contributed by atoms with Crippen LogP contribution in [0.15, 0.2) is 73.3 Å². The van der Waals surface area contributed by atoms with Crippen LogP contribution in [0.3, 0.4) is 0 Å². The van der Waals surface area contributed by atoms with Crippen LogP contribution >= 0.6 is 0 Å². The number of amides is 1. The lowest BCUT2D eigenvalue weighted by Crippen LogP contribution is -2.31. The van der Waals surface area contributed by atoms with E-state index < -0.39 is 17.6 Å². The summed E-state index contributed by atoms with van der Waals surface area (Å²) in [5, 5.41) is 5.94. The van der Waals surface area contributed by atoms with Gasteiger partial charge in [-0.15, -0.1) is 0 Å². The molecule has 0 atom stereocenters. The third-order valence-corrected chi connectivity index (χ3v) is 7.50. The highest BCUT2D eigenvalue weighted by Crippen LogP contribution is 2.31. The number of aromatic nitrogens is 5. The Hall–Kier alpha value is -5.53. The molecule has 1 fully saturated rings. The van der Waals surface area contributed by atoms with Gasteiger partial charge in [0, 0.05) is 61.2 Å². The molecule has 45 heavy (non-hydrogen) atoms. The minimum Gasteiger partial charge on any atom is -0.382 e. The number of carbonyl (C=O) groups is 1. The number of nitrogens with zero attached hydrogens (tertiary/aromatic N) is 7. The van der Waals surface area contributed by atoms with Gasteiger partial charge in [0.05, 0.1) is 5.56 Å². The van der Waals surface area contributed by atoms with Crippen molar-refractivity contribution in [1.29, 1.82) is 0 Å². The van der Waals surface area contributed by atoms with E-state index in [4.69, 9.17) is 10.7 Å². The zero-order valence-corrected chi connectivity index (χ0v) is 24.2. The lowest BCUT2D eigenvalue weighted by Gasteiger charge is -2.24. The monoisotopic (exact) mass is 614 g/mol. The molecular weight excluding hydrogens is 585 g/mol. The average Bonchev–Trinajstić information content (AvgIpc) is 3.30. The van der Waals surface area contributed by atoms with Crippen molar-refractivity contribution >= 4 is 51.6 Å². The van der Waals surface area contributed by atoms with Gasteiger partial charge in [-0.2, -0.15) is 18.2 Å². The first kappa shape index (κ1) is 29.5. The highest BCUT2D eigenvalue weighted by Gasteiger charge is 2.31. The lowest BCUT2D eigenvalue weighted by atomic mass is 10.1. The molecule has 0 radical (unpaired) electrons. The quantitative estimate of drug-likeness (QED) is 0.227. The van der Waals surface area contributed by atoms with E-state index in [-0.39, 0.29) is 11.4 Å². The van der Waals surface area contributed by atoms with Gasteiger partial charge in [0.15, 0.2) is 11.6 Å². The molecule has 0 aliphatic carbocycles. The molecule has 4 heterocycles. The number of nitrogen functional groups attached to an aromatic ring is 1. The summed E-state index contributed by atoms with van der Waals surface area (Å²) in [6, 6.07) is 13.3. The molecule has 230 valence electrons. The molecule has 0 unspecified atom stereocenters. The van der Waals surface area contributed by atoms with Gasteiger partial charge in [0.25, 0.3) is 5.91 Å². The SMILES string of the molecule is Cc1ccc(NC(=O)c2cccc(C(F)(F)F)c2)cc1Nc1ncnc2c(N)nc(N3CCCN(c4ccncc4)CC3)nc12. The highest BCUT2D eigenvalue weighted by atomic mass is 19.4. The number of pyridine rings is 1. The first-order valence-electron chi connectivity index (χ1n) is 14.2. The third kappa shape index (κ3) is 6.54. The van der Waals surface area contributed by atoms with E-state index in [0.29, 0.717) is 40.7 Å². The fraction of sp³-hybridized carbons (Fsp3) is 0.226.